The number of carbonyl (C=O) groups is 1. The van der Waals surface area contributed by atoms with Gasteiger partial charge in [0.25, 0.3) is 0 Å². The van der Waals surface area contributed by atoms with Crippen LogP contribution < -0.4 is 0 Å². The van der Waals surface area contributed by atoms with Gasteiger partial charge in [-0.3, -0.25) is 4.79 Å². The van der Waals surface area contributed by atoms with Gasteiger partial charge in [0.2, 0.25) is 0 Å². The lowest BCUT2D eigenvalue weighted by Crippen LogP contribution is -2.31. The summed E-state index contributed by atoms with van der Waals surface area (Å²) in [5.74, 6) is 0.952. The van der Waals surface area contributed by atoms with Crippen LogP contribution in [-0.4, -0.2) is 43.8 Å². The molecule has 0 bridgehead atoms. The van der Waals surface area contributed by atoms with Crippen LogP contribution in [0.1, 0.15) is 90.4 Å². The Morgan fingerprint density at radius 1 is 1.06 bits per heavy atom. The first kappa shape index (κ1) is 24.1. The molecule has 0 spiro atoms. The molecule has 180 valence electrons. The molecule has 0 aromatic carbocycles. The average Bonchev–Trinajstić information content (AvgIpc) is 3.14. The fraction of sp³-hybridized carbons (Fsp3) is 0.815. The highest BCUT2D eigenvalue weighted by Gasteiger charge is 2.42. The van der Waals surface area contributed by atoms with Crippen LogP contribution in [0.5, 0.6) is 0 Å². The number of rotatable bonds is 10. The summed E-state index contributed by atoms with van der Waals surface area (Å²) in [5, 5.41) is 0. The molecule has 6 atom stereocenters. The molecular weight excluding hydrogens is 404 g/mol. The summed E-state index contributed by atoms with van der Waals surface area (Å²) in [4.78, 5) is 12.0. The third kappa shape index (κ3) is 6.75. The minimum Gasteiger partial charge on any atom is -0.353 e. The number of carbonyl (C=O) groups excluding carboxylic acids is 1. The summed E-state index contributed by atoms with van der Waals surface area (Å²) in [5.41, 5.74) is 1.27. The van der Waals surface area contributed by atoms with Crippen molar-refractivity contribution in [3.05, 3.63) is 23.8 Å². The SMILES string of the molecule is CCCCC[C@@H](C=C[C@@H]1[C@@H]2CCC(=O)C=C2C[C@H]1OC1CCCCO1)OC1CCCCO1. The zero-order valence-electron chi connectivity index (χ0n) is 19.8. The topological polar surface area (TPSA) is 54.0 Å². The first-order chi connectivity index (χ1) is 15.7. The maximum absolute atomic E-state index is 12.0. The highest BCUT2D eigenvalue weighted by molar-refractivity contribution is 5.91. The molecule has 1 saturated carbocycles. The minimum atomic E-state index is -0.103. The lowest BCUT2D eigenvalue weighted by Gasteiger charge is -2.30. The van der Waals surface area contributed by atoms with Crippen LogP contribution in [0, 0.1) is 11.8 Å². The van der Waals surface area contributed by atoms with Crippen molar-refractivity contribution in [3.63, 3.8) is 0 Å². The second-order valence-corrected chi connectivity index (χ2v) is 9.93. The fourth-order valence-electron chi connectivity index (χ4n) is 5.63. The molecule has 32 heavy (non-hydrogen) atoms. The number of hydrogen-bond acceptors (Lipinski definition) is 5. The first-order valence-electron chi connectivity index (χ1n) is 13.2. The summed E-state index contributed by atoms with van der Waals surface area (Å²) < 4.78 is 24.6. The average molecular weight is 447 g/mol. The van der Waals surface area contributed by atoms with Gasteiger partial charge in [-0.15, -0.1) is 0 Å². The Bertz CT molecular complexity index is 644. The molecule has 5 nitrogen and oxygen atoms in total. The second kappa shape index (κ2) is 12.5. The molecule has 0 aromatic heterocycles. The van der Waals surface area contributed by atoms with Gasteiger partial charge in [-0.1, -0.05) is 43.9 Å². The van der Waals surface area contributed by atoms with Gasteiger partial charge >= 0.3 is 0 Å². The predicted octanol–water partition coefficient (Wildman–Crippen LogP) is 5.87. The van der Waals surface area contributed by atoms with Crippen LogP contribution >= 0.6 is 0 Å². The van der Waals surface area contributed by atoms with E-state index < -0.39 is 0 Å². The summed E-state index contributed by atoms with van der Waals surface area (Å²) in [6.45, 7) is 3.83. The number of ether oxygens (including phenoxy) is 4. The normalized spacial score (nSPS) is 34.5. The number of hydrogen-bond donors (Lipinski definition) is 0. The fourth-order valence-corrected chi connectivity index (χ4v) is 5.63. The van der Waals surface area contributed by atoms with Gasteiger partial charge in [0, 0.05) is 25.6 Å². The van der Waals surface area contributed by atoms with E-state index in [0.717, 1.165) is 64.6 Å². The van der Waals surface area contributed by atoms with Crippen LogP contribution in [0.4, 0.5) is 0 Å². The van der Waals surface area contributed by atoms with E-state index in [9.17, 15) is 4.79 Å². The van der Waals surface area contributed by atoms with Gasteiger partial charge in [-0.05, 0) is 69.8 Å². The van der Waals surface area contributed by atoms with Crippen molar-refractivity contribution in [3.8, 4) is 0 Å². The van der Waals surface area contributed by atoms with Crippen LogP contribution in [0.25, 0.3) is 0 Å². The van der Waals surface area contributed by atoms with Crippen molar-refractivity contribution in [2.24, 2.45) is 11.8 Å². The molecule has 0 radical (unpaired) electrons. The van der Waals surface area contributed by atoms with Crippen molar-refractivity contribution >= 4 is 5.78 Å². The summed E-state index contributed by atoms with van der Waals surface area (Å²) >= 11 is 0. The summed E-state index contributed by atoms with van der Waals surface area (Å²) in [7, 11) is 0. The molecule has 4 aliphatic rings. The van der Waals surface area contributed by atoms with Gasteiger partial charge in [-0.25, -0.2) is 0 Å². The monoisotopic (exact) mass is 446 g/mol. The molecule has 0 N–H and O–H groups in total. The van der Waals surface area contributed by atoms with Gasteiger partial charge in [0.05, 0.1) is 12.2 Å². The lowest BCUT2D eigenvalue weighted by molar-refractivity contribution is -0.192. The zero-order chi connectivity index (χ0) is 22.2. The third-order valence-corrected chi connectivity index (χ3v) is 7.42. The Kier molecular flexibility index (Phi) is 9.39. The molecule has 2 aliphatic heterocycles. The van der Waals surface area contributed by atoms with Crippen molar-refractivity contribution < 1.29 is 23.7 Å². The Balaban J connectivity index is 1.45. The Morgan fingerprint density at radius 3 is 2.56 bits per heavy atom. The lowest BCUT2D eigenvalue weighted by atomic mass is 9.83. The molecule has 2 saturated heterocycles. The molecule has 2 aliphatic carbocycles. The van der Waals surface area contributed by atoms with Crippen molar-refractivity contribution in [2.45, 2.75) is 115 Å². The van der Waals surface area contributed by atoms with E-state index in [1.165, 1.54) is 31.3 Å². The smallest absolute Gasteiger partial charge is 0.158 e. The Hall–Kier alpha value is -1.01. The molecule has 5 heteroatoms. The van der Waals surface area contributed by atoms with Crippen LogP contribution in [0.2, 0.25) is 0 Å². The molecule has 4 rings (SSSR count). The standard InChI is InChI=1S/C27H42O5/c1-2-3-4-9-22(31-26-10-5-7-16-29-26)13-15-24-23-14-12-21(28)18-20(23)19-25(24)32-27-11-6-8-17-30-27/h13,15,18,22-27H,2-12,14,16-17,19H2,1H3/t22-,23+,24+,25+,26?,27?/m0/s1. The summed E-state index contributed by atoms with van der Waals surface area (Å²) in [6, 6.07) is 0. The van der Waals surface area contributed by atoms with Crippen molar-refractivity contribution in [1.82, 2.24) is 0 Å². The number of allylic oxidation sites excluding steroid dienone is 1. The third-order valence-electron chi connectivity index (χ3n) is 7.42. The van der Waals surface area contributed by atoms with E-state index >= 15 is 0 Å². The maximum Gasteiger partial charge on any atom is 0.158 e. The highest BCUT2D eigenvalue weighted by Crippen LogP contribution is 2.45. The molecule has 2 unspecified atom stereocenters. The number of ketones is 1. The van der Waals surface area contributed by atoms with E-state index in [4.69, 9.17) is 18.9 Å². The van der Waals surface area contributed by atoms with E-state index in [1.807, 2.05) is 6.08 Å². The van der Waals surface area contributed by atoms with Gasteiger partial charge in [0.1, 0.15) is 0 Å². The van der Waals surface area contributed by atoms with E-state index in [1.54, 1.807) is 0 Å². The molecule has 2 heterocycles. The Morgan fingerprint density at radius 2 is 1.84 bits per heavy atom. The van der Waals surface area contributed by atoms with E-state index in [2.05, 4.69) is 19.1 Å². The molecular formula is C27H42O5. The van der Waals surface area contributed by atoms with Crippen molar-refractivity contribution in [2.75, 3.05) is 13.2 Å². The Labute approximate surface area is 193 Å². The largest absolute Gasteiger partial charge is 0.353 e. The van der Waals surface area contributed by atoms with Gasteiger partial charge < -0.3 is 18.9 Å². The number of fused-ring (bicyclic) bond motifs is 1. The quantitative estimate of drug-likeness (QED) is 0.310. The minimum absolute atomic E-state index is 0.0750. The van der Waals surface area contributed by atoms with Crippen LogP contribution in [0.15, 0.2) is 23.8 Å². The highest BCUT2D eigenvalue weighted by atomic mass is 16.7. The van der Waals surface area contributed by atoms with Crippen LogP contribution in [-0.2, 0) is 23.7 Å². The predicted molar refractivity (Wildman–Crippen MR) is 124 cm³/mol. The van der Waals surface area contributed by atoms with Gasteiger partial charge in [0.15, 0.2) is 18.4 Å². The zero-order valence-corrected chi connectivity index (χ0v) is 19.8. The van der Waals surface area contributed by atoms with Gasteiger partial charge in [-0.2, -0.15) is 0 Å². The van der Waals surface area contributed by atoms with Crippen LogP contribution in [0.3, 0.4) is 0 Å². The maximum atomic E-state index is 12.0. The van der Waals surface area contributed by atoms with E-state index in [0.29, 0.717) is 12.3 Å². The number of unbranched alkanes of at least 4 members (excludes halogenated alkanes) is 2. The molecule has 0 aromatic rings. The first-order valence-corrected chi connectivity index (χ1v) is 13.2. The molecule has 0 amide bonds. The molecule has 3 fully saturated rings. The van der Waals surface area contributed by atoms with Crippen molar-refractivity contribution in [1.29, 1.82) is 0 Å². The summed E-state index contributed by atoms with van der Waals surface area (Å²) in [6.07, 6.45) is 20.1. The van der Waals surface area contributed by atoms with E-state index in [-0.39, 0.29) is 36.5 Å². The second-order valence-electron chi connectivity index (χ2n) is 9.93.